The number of nitrogens with one attached hydrogen (secondary N) is 1. The lowest BCUT2D eigenvalue weighted by atomic mass is 10.2. The zero-order chi connectivity index (χ0) is 14.2. The van der Waals surface area contributed by atoms with Gasteiger partial charge in [0.1, 0.15) is 0 Å². The summed E-state index contributed by atoms with van der Waals surface area (Å²) in [5.41, 5.74) is 3.07. The number of rotatable bonds is 7. The van der Waals surface area contributed by atoms with Crippen LogP contribution in [-0.4, -0.2) is 34.8 Å². The largest absolute Gasteiger partial charge is 0.395 e. The lowest BCUT2D eigenvalue weighted by Crippen LogP contribution is -2.25. The fraction of sp³-hybridized carbons (Fsp3) is 0.333. The van der Waals surface area contributed by atoms with Crippen molar-refractivity contribution in [2.45, 2.75) is 13.5 Å². The average molecular weight is 272 g/mol. The molecule has 5 heteroatoms. The first-order valence-electron chi connectivity index (χ1n) is 6.78. The lowest BCUT2D eigenvalue weighted by Gasteiger charge is -2.22. The molecule has 0 fully saturated rings. The fourth-order valence-corrected chi connectivity index (χ4v) is 1.99. The Morgan fingerprint density at radius 2 is 2.00 bits per heavy atom. The van der Waals surface area contributed by atoms with Crippen LogP contribution in [-0.2, 0) is 6.54 Å². The summed E-state index contributed by atoms with van der Waals surface area (Å²) in [7, 11) is 0. The van der Waals surface area contributed by atoms with Crippen molar-refractivity contribution in [3.63, 3.8) is 0 Å². The number of aromatic nitrogens is 2. The molecule has 0 amide bonds. The van der Waals surface area contributed by atoms with Crippen molar-refractivity contribution >= 4 is 11.4 Å². The number of benzene rings is 1. The molecule has 0 aliphatic heterocycles. The molecule has 0 spiro atoms. The Hall–Kier alpha value is -2.14. The Morgan fingerprint density at radius 1 is 1.20 bits per heavy atom. The third-order valence-corrected chi connectivity index (χ3v) is 3.07. The molecule has 1 aromatic carbocycles. The van der Waals surface area contributed by atoms with Gasteiger partial charge in [-0.25, -0.2) is 0 Å². The van der Waals surface area contributed by atoms with Crippen LogP contribution in [0, 0.1) is 0 Å². The van der Waals surface area contributed by atoms with Gasteiger partial charge in [-0.2, -0.15) is 0 Å². The van der Waals surface area contributed by atoms with Crippen molar-refractivity contribution in [3.05, 3.63) is 48.5 Å². The molecule has 2 rings (SSSR count). The minimum Gasteiger partial charge on any atom is -0.395 e. The van der Waals surface area contributed by atoms with E-state index < -0.39 is 0 Å². The normalized spacial score (nSPS) is 10.3. The van der Waals surface area contributed by atoms with Gasteiger partial charge in [-0.3, -0.25) is 9.97 Å². The molecule has 0 saturated carbocycles. The summed E-state index contributed by atoms with van der Waals surface area (Å²) in [6.45, 7) is 4.44. The minimum absolute atomic E-state index is 0.167. The van der Waals surface area contributed by atoms with Crippen molar-refractivity contribution < 1.29 is 5.11 Å². The van der Waals surface area contributed by atoms with Crippen LogP contribution in [0.1, 0.15) is 12.6 Å². The van der Waals surface area contributed by atoms with Gasteiger partial charge in [0.2, 0.25) is 0 Å². The molecule has 5 nitrogen and oxygen atoms in total. The summed E-state index contributed by atoms with van der Waals surface area (Å²) in [5.74, 6) is 0. The first-order chi connectivity index (χ1) is 9.83. The Kier molecular flexibility index (Phi) is 5.32. The van der Waals surface area contributed by atoms with Crippen LogP contribution in [0.4, 0.5) is 11.4 Å². The third-order valence-electron chi connectivity index (χ3n) is 3.07. The number of aliphatic hydroxyl groups is 1. The van der Waals surface area contributed by atoms with Crippen molar-refractivity contribution in [2.75, 3.05) is 29.9 Å². The van der Waals surface area contributed by atoms with Gasteiger partial charge in [0.05, 0.1) is 25.0 Å². The highest BCUT2D eigenvalue weighted by Crippen LogP contribution is 2.18. The van der Waals surface area contributed by atoms with Crippen molar-refractivity contribution in [1.29, 1.82) is 0 Å². The predicted molar refractivity (Wildman–Crippen MR) is 80.8 cm³/mol. The van der Waals surface area contributed by atoms with Gasteiger partial charge in [-0.05, 0) is 31.2 Å². The maximum absolute atomic E-state index is 9.03. The highest BCUT2D eigenvalue weighted by molar-refractivity contribution is 5.55. The maximum Gasteiger partial charge on any atom is 0.0777 e. The molecule has 2 aromatic rings. The highest BCUT2D eigenvalue weighted by Gasteiger charge is 2.03. The summed E-state index contributed by atoms with van der Waals surface area (Å²) in [6.07, 6.45) is 5.11. The molecule has 0 aliphatic carbocycles. The Labute approximate surface area is 119 Å². The molecule has 20 heavy (non-hydrogen) atoms. The van der Waals surface area contributed by atoms with E-state index in [2.05, 4.69) is 39.2 Å². The van der Waals surface area contributed by atoms with E-state index >= 15 is 0 Å². The van der Waals surface area contributed by atoms with Gasteiger partial charge in [-0.15, -0.1) is 0 Å². The second kappa shape index (κ2) is 7.45. The summed E-state index contributed by atoms with van der Waals surface area (Å²) in [4.78, 5) is 10.4. The van der Waals surface area contributed by atoms with Crippen molar-refractivity contribution in [3.8, 4) is 0 Å². The standard InChI is InChI=1S/C15H20N4O/c1-2-19(9-10-20)15-5-3-13(4-6-15)18-12-14-11-16-7-8-17-14/h3-8,11,18,20H,2,9-10,12H2,1H3. The van der Waals surface area contributed by atoms with E-state index in [9.17, 15) is 0 Å². The van der Waals surface area contributed by atoms with E-state index in [4.69, 9.17) is 5.11 Å². The predicted octanol–water partition coefficient (Wildman–Crippen LogP) is 1.91. The summed E-state index contributed by atoms with van der Waals surface area (Å²) in [6, 6.07) is 8.17. The van der Waals surface area contributed by atoms with E-state index in [1.165, 1.54) is 0 Å². The molecule has 2 N–H and O–H groups in total. The van der Waals surface area contributed by atoms with Gasteiger partial charge in [0, 0.05) is 36.9 Å². The van der Waals surface area contributed by atoms with Crippen LogP contribution in [0.15, 0.2) is 42.9 Å². The number of anilines is 2. The number of hydrogen-bond donors (Lipinski definition) is 2. The van der Waals surface area contributed by atoms with Crippen molar-refractivity contribution in [1.82, 2.24) is 9.97 Å². The highest BCUT2D eigenvalue weighted by atomic mass is 16.3. The Balaban J connectivity index is 1.94. The van der Waals surface area contributed by atoms with Crippen LogP contribution >= 0.6 is 0 Å². The zero-order valence-electron chi connectivity index (χ0n) is 11.7. The van der Waals surface area contributed by atoms with Crippen LogP contribution in [0.25, 0.3) is 0 Å². The number of likely N-dealkylation sites (N-methyl/N-ethyl adjacent to an activating group) is 1. The van der Waals surface area contributed by atoms with Crippen molar-refractivity contribution in [2.24, 2.45) is 0 Å². The van der Waals surface area contributed by atoms with E-state index in [1.54, 1.807) is 18.6 Å². The van der Waals surface area contributed by atoms with Gasteiger partial charge < -0.3 is 15.3 Å². The minimum atomic E-state index is 0.167. The topological polar surface area (TPSA) is 61.3 Å². The van der Waals surface area contributed by atoms with Crippen LogP contribution < -0.4 is 10.2 Å². The molecule has 0 aliphatic rings. The summed E-state index contributed by atoms with van der Waals surface area (Å²) < 4.78 is 0. The van der Waals surface area contributed by atoms with Gasteiger partial charge >= 0.3 is 0 Å². The quantitative estimate of drug-likeness (QED) is 0.806. The number of aliphatic hydroxyl groups excluding tert-OH is 1. The maximum atomic E-state index is 9.03. The third kappa shape index (κ3) is 3.93. The Morgan fingerprint density at radius 3 is 2.60 bits per heavy atom. The molecule has 1 aromatic heterocycles. The Bertz CT molecular complexity index is 501. The molecule has 0 saturated heterocycles. The summed E-state index contributed by atoms with van der Waals surface area (Å²) >= 11 is 0. The van der Waals surface area contributed by atoms with E-state index in [0.29, 0.717) is 13.1 Å². The summed E-state index contributed by atoms with van der Waals surface area (Å²) in [5, 5.41) is 12.3. The smallest absolute Gasteiger partial charge is 0.0777 e. The number of hydrogen-bond acceptors (Lipinski definition) is 5. The molecule has 1 heterocycles. The molecule has 0 unspecified atom stereocenters. The molecule has 0 radical (unpaired) electrons. The van der Waals surface area contributed by atoms with E-state index in [0.717, 1.165) is 23.6 Å². The fourth-order valence-electron chi connectivity index (χ4n) is 1.99. The first kappa shape index (κ1) is 14.3. The van der Waals surface area contributed by atoms with Gasteiger partial charge in [-0.1, -0.05) is 0 Å². The second-order valence-electron chi connectivity index (χ2n) is 4.40. The zero-order valence-corrected chi connectivity index (χ0v) is 11.7. The molecular formula is C15H20N4O. The molecule has 0 atom stereocenters. The van der Waals surface area contributed by atoms with E-state index in [-0.39, 0.29) is 6.61 Å². The number of nitrogens with zero attached hydrogens (tertiary/aromatic N) is 3. The first-order valence-corrected chi connectivity index (χ1v) is 6.78. The molecule has 0 bridgehead atoms. The van der Waals surface area contributed by atoms with E-state index in [1.807, 2.05) is 12.1 Å². The van der Waals surface area contributed by atoms with Crippen LogP contribution in [0.3, 0.4) is 0 Å². The monoisotopic (exact) mass is 272 g/mol. The van der Waals surface area contributed by atoms with Gasteiger partial charge in [0.15, 0.2) is 0 Å². The SMILES string of the molecule is CCN(CCO)c1ccc(NCc2cnccn2)cc1. The molecular weight excluding hydrogens is 252 g/mol. The lowest BCUT2D eigenvalue weighted by molar-refractivity contribution is 0.302. The van der Waals surface area contributed by atoms with Crippen LogP contribution in [0.5, 0.6) is 0 Å². The van der Waals surface area contributed by atoms with Crippen LogP contribution in [0.2, 0.25) is 0 Å². The average Bonchev–Trinajstić information content (AvgIpc) is 2.52. The second-order valence-corrected chi connectivity index (χ2v) is 4.40. The van der Waals surface area contributed by atoms with Gasteiger partial charge in [0.25, 0.3) is 0 Å². The molecule has 106 valence electrons.